The van der Waals surface area contributed by atoms with E-state index in [9.17, 15) is 4.79 Å². The van der Waals surface area contributed by atoms with E-state index in [-0.39, 0.29) is 17.6 Å². The van der Waals surface area contributed by atoms with Crippen LogP contribution in [0.15, 0.2) is 35.1 Å². The van der Waals surface area contributed by atoms with Crippen molar-refractivity contribution in [2.24, 2.45) is 5.41 Å². The zero-order valence-corrected chi connectivity index (χ0v) is 12.1. The lowest BCUT2D eigenvalue weighted by molar-refractivity contribution is 0.207. The van der Waals surface area contributed by atoms with Crippen LogP contribution in [0.2, 0.25) is 0 Å². The maximum absolute atomic E-state index is 12.0. The second-order valence-corrected chi connectivity index (χ2v) is 5.95. The third-order valence-corrected chi connectivity index (χ3v) is 3.54. The van der Waals surface area contributed by atoms with Crippen LogP contribution in [0.25, 0.3) is 10.9 Å². The van der Waals surface area contributed by atoms with Crippen LogP contribution >= 0.6 is 0 Å². The molecule has 1 heterocycles. The Morgan fingerprint density at radius 2 is 2.05 bits per heavy atom. The highest BCUT2D eigenvalue weighted by molar-refractivity contribution is 5.78. The highest BCUT2D eigenvalue weighted by Gasteiger charge is 2.16. The van der Waals surface area contributed by atoms with E-state index < -0.39 is 0 Å². The van der Waals surface area contributed by atoms with Crippen LogP contribution in [0.1, 0.15) is 25.8 Å². The summed E-state index contributed by atoms with van der Waals surface area (Å²) in [5, 5.41) is 13.3. The largest absolute Gasteiger partial charge is 0.396 e. The number of fused-ring (bicyclic) bond motifs is 1. The van der Waals surface area contributed by atoms with E-state index in [2.05, 4.69) is 24.1 Å². The summed E-state index contributed by atoms with van der Waals surface area (Å²) in [7, 11) is 0. The van der Waals surface area contributed by atoms with Crippen LogP contribution in [0.4, 0.5) is 0 Å². The number of para-hydroxylation sites is 1. The Bertz CT molecular complexity index is 632. The monoisotopic (exact) mass is 274 g/mol. The van der Waals surface area contributed by atoms with Gasteiger partial charge in [0.2, 0.25) is 0 Å². The quantitative estimate of drug-likeness (QED) is 0.755. The Labute approximate surface area is 118 Å². The third-order valence-electron chi connectivity index (χ3n) is 3.54. The number of H-pyrrole nitrogens is 1. The number of pyridine rings is 1. The summed E-state index contributed by atoms with van der Waals surface area (Å²) >= 11 is 0. The highest BCUT2D eigenvalue weighted by atomic mass is 16.3. The molecular weight excluding hydrogens is 252 g/mol. The molecule has 2 rings (SSSR count). The molecule has 108 valence electrons. The minimum Gasteiger partial charge on any atom is -0.396 e. The van der Waals surface area contributed by atoms with Gasteiger partial charge < -0.3 is 15.4 Å². The van der Waals surface area contributed by atoms with Crippen molar-refractivity contribution < 1.29 is 5.11 Å². The molecule has 0 unspecified atom stereocenters. The number of hydrogen-bond donors (Lipinski definition) is 3. The average Bonchev–Trinajstić information content (AvgIpc) is 2.39. The number of aromatic amines is 1. The smallest absolute Gasteiger partial charge is 0.252 e. The molecule has 0 saturated carbocycles. The standard InChI is InChI=1S/C16H22N2O2/c1-16(2,7-8-19)11-17-10-13-9-12-5-3-4-6-14(12)18-15(13)20/h3-6,9,17,19H,7-8,10-11H2,1-2H3,(H,18,20). The first-order chi connectivity index (χ1) is 9.52. The lowest BCUT2D eigenvalue weighted by Gasteiger charge is -2.23. The molecule has 4 heteroatoms. The molecule has 0 bridgehead atoms. The average molecular weight is 274 g/mol. The maximum Gasteiger partial charge on any atom is 0.252 e. The molecule has 0 amide bonds. The first kappa shape index (κ1) is 14.8. The van der Waals surface area contributed by atoms with Gasteiger partial charge in [-0.2, -0.15) is 0 Å². The molecule has 0 aliphatic heterocycles. The van der Waals surface area contributed by atoms with Crippen molar-refractivity contribution >= 4 is 10.9 Å². The normalized spacial score (nSPS) is 11.9. The van der Waals surface area contributed by atoms with Crippen LogP contribution < -0.4 is 10.9 Å². The zero-order chi connectivity index (χ0) is 14.6. The number of nitrogens with one attached hydrogen (secondary N) is 2. The van der Waals surface area contributed by atoms with Crippen LogP contribution in [0, 0.1) is 5.41 Å². The second-order valence-electron chi connectivity index (χ2n) is 5.95. The molecule has 0 radical (unpaired) electrons. The Morgan fingerprint density at radius 3 is 2.80 bits per heavy atom. The summed E-state index contributed by atoms with van der Waals surface area (Å²) in [6, 6.07) is 9.69. The van der Waals surface area contributed by atoms with Crippen molar-refractivity contribution in [2.45, 2.75) is 26.8 Å². The first-order valence-electron chi connectivity index (χ1n) is 6.94. The molecule has 0 saturated heterocycles. The van der Waals surface area contributed by atoms with Gasteiger partial charge in [0.05, 0.1) is 0 Å². The number of hydrogen-bond acceptors (Lipinski definition) is 3. The summed E-state index contributed by atoms with van der Waals surface area (Å²) in [5.74, 6) is 0. The summed E-state index contributed by atoms with van der Waals surface area (Å²) < 4.78 is 0. The van der Waals surface area contributed by atoms with E-state index >= 15 is 0 Å². The molecule has 20 heavy (non-hydrogen) atoms. The number of aliphatic hydroxyl groups excluding tert-OH is 1. The van der Waals surface area contributed by atoms with Gasteiger partial charge in [-0.25, -0.2) is 0 Å². The van der Waals surface area contributed by atoms with Gasteiger partial charge in [-0.3, -0.25) is 4.79 Å². The fraction of sp³-hybridized carbons (Fsp3) is 0.438. The minimum atomic E-state index is -0.0452. The molecule has 1 aromatic carbocycles. The van der Waals surface area contributed by atoms with E-state index in [4.69, 9.17) is 5.11 Å². The molecule has 0 atom stereocenters. The molecule has 1 aromatic heterocycles. The molecule has 0 aliphatic rings. The Balaban J connectivity index is 2.07. The van der Waals surface area contributed by atoms with Crippen molar-refractivity contribution in [1.29, 1.82) is 0 Å². The van der Waals surface area contributed by atoms with E-state index in [1.807, 2.05) is 30.3 Å². The van der Waals surface area contributed by atoms with E-state index in [0.29, 0.717) is 6.54 Å². The van der Waals surface area contributed by atoms with Gasteiger partial charge in [0, 0.05) is 30.8 Å². The van der Waals surface area contributed by atoms with Crippen molar-refractivity contribution in [3.8, 4) is 0 Å². The summed E-state index contributed by atoms with van der Waals surface area (Å²) in [6.07, 6.45) is 0.744. The number of rotatable bonds is 6. The van der Waals surface area contributed by atoms with Crippen LogP contribution in [-0.4, -0.2) is 23.2 Å². The van der Waals surface area contributed by atoms with E-state index in [0.717, 1.165) is 29.4 Å². The predicted octanol–water partition coefficient (Wildman–Crippen LogP) is 2.03. The van der Waals surface area contributed by atoms with Gasteiger partial charge in [0.25, 0.3) is 5.56 Å². The molecule has 3 N–H and O–H groups in total. The van der Waals surface area contributed by atoms with E-state index in [1.165, 1.54) is 0 Å². The number of aromatic nitrogens is 1. The summed E-state index contributed by atoms with van der Waals surface area (Å²) in [5.41, 5.74) is 1.58. The minimum absolute atomic E-state index is 0.0262. The number of benzene rings is 1. The molecule has 0 fully saturated rings. The maximum atomic E-state index is 12.0. The van der Waals surface area contributed by atoms with Gasteiger partial charge in [-0.15, -0.1) is 0 Å². The van der Waals surface area contributed by atoms with Crippen molar-refractivity contribution in [2.75, 3.05) is 13.2 Å². The van der Waals surface area contributed by atoms with Gasteiger partial charge >= 0.3 is 0 Å². The Morgan fingerprint density at radius 1 is 1.30 bits per heavy atom. The Kier molecular flexibility index (Phi) is 4.57. The highest BCUT2D eigenvalue weighted by Crippen LogP contribution is 2.18. The lowest BCUT2D eigenvalue weighted by Crippen LogP contribution is -2.31. The zero-order valence-electron chi connectivity index (χ0n) is 12.1. The molecule has 4 nitrogen and oxygen atoms in total. The fourth-order valence-electron chi connectivity index (χ4n) is 2.25. The van der Waals surface area contributed by atoms with Crippen molar-refractivity contribution in [3.05, 3.63) is 46.2 Å². The van der Waals surface area contributed by atoms with Gasteiger partial charge in [-0.05, 0) is 29.4 Å². The second kappa shape index (κ2) is 6.20. The van der Waals surface area contributed by atoms with Crippen molar-refractivity contribution in [3.63, 3.8) is 0 Å². The van der Waals surface area contributed by atoms with Crippen molar-refractivity contribution in [1.82, 2.24) is 10.3 Å². The fourth-order valence-corrected chi connectivity index (χ4v) is 2.25. The van der Waals surface area contributed by atoms with Crippen LogP contribution in [-0.2, 0) is 6.54 Å². The topological polar surface area (TPSA) is 65.1 Å². The molecule has 2 aromatic rings. The summed E-state index contributed by atoms with van der Waals surface area (Å²) in [6.45, 7) is 5.68. The number of aliphatic hydroxyl groups is 1. The van der Waals surface area contributed by atoms with Gasteiger partial charge in [0.1, 0.15) is 0 Å². The lowest BCUT2D eigenvalue weighted by atomic mass is 9.90. The molecular formula is C16H22N2O2. The molecule has 0 spiro atoms. The summed E-state index contributed by atoms with van der Waals surface area (Å²) in [4.78, 5) is 14.9. The van der Waals surface area contributed by atoms with Gasteiger partial charge in [0.15, 0.2) is 0 Å². The molecule has 0 aliphatic carbocycles. The Hall–Kier alpha value is -1.65. The third kappa shape index (κ3) is 3.68. The van der Waals surface area contributed by atoms with Crippen LogP contribution in [0.5, 0.6) is 0 Å². The first-order valence-corrected chi connectivity index (χ1v) is 6.94. The predicted molar refractivity (Wildman–Crippen MR) is 81.8 cm³/mol. The van der Waals surface area contributed by atoms with Gasteiger partial charge in [-0.1, -0.05) is 32.0 Å². The van der Waals surface area contributed by atoms with E-state index in [1.54, 1.807) is 0 Å². The van der Waals surface area contributed by atoms with Crippen LogP contribution in [0.3, 0.4) is 0 Å². The SMILES string of the molecule is CC(C)(CCO)CNCc1cc2ccccc2[nH]c1=O.